The van der Waals surface area contributed by atoms with Gasteiger partial charge in [0.15, 0.2) is 0 Å². The quantitative estimate of drug-likeness (QED) is 0.871. The number of likely N-dealkylation sites (N-methyl/N-ethyl adjacent to an activating group) is 1. The Morgan fingerprint density at radius 3 is 2.62 bits per heavy atom. The third-order valence-corrected chi connectivity index (χ3v) is 5.49. The summed E-state index contributed by atoms with van der Waals surface area (Å²) in [5.74, 6) is 1.21. The van der Waals surface area contributed by atoms with Crippen molar-refractivity contribution in [3.05, 3.63) is 41.6 Å². The summed E-state index contributed by atoms with van der Waals surface area (Å²) < 4.78 is 0. The van der Waals surface area contributed by atoms with E-state index >= 15 is 0 Å². The molecule has 2 aromatic rings. The maximum Gasteiger partial charge on any atom is 0.254 e. The number of hydrogen-bond acceptors (Lipinski definition) is 3. The summed E-state index contributed by atoms with van der Waals surface area (Å²) in [5.41, 5.74) is 2.87. The number of aromatic nitrogens is 1. The van der Waals surface area contributed by atoms with Crippen LogP contribution in [0.2, 0.25) is 0 Å². The van der Waals surface area contributed by atoms with Crippen molar-refractivity contribution in [2.75, 3.05) is 27.2 Å². The molecule has 1 aromatic heterocycles. The zero-order valence-electron chi connectivity index (χ0n) is 14.7. The zero-order chi connectivity index (χ0) is 16.8. The lowest BCUT2D eigenvalue weighted by atomic mass is 10.0. The molecule has 24 heavy (non-hydrogen) atoms. The first-order valence-electron chi connectivity index (χ1n) is 8.90. The fourth-order valence-electron chi connectivity index (χ4n) is 3.92. The van der Waals surface area contributed by atoms with Gasteiger partial charge < -0.3 is 9.80 Å². The maximum absolute atomic E-state index is 13.2. The Morgan fingerprint density at radius 2 is 1.96 bits per heavy atom. The van der Waals surface area contributed by atoms with Crippen LogP contribution in [0.3, 0.4) is 0 Å². The van der Waals surface area contributed by atoms with Crippen LogP contribution >= 0.6 is 0 Å². The number of carbonyl (C=O) groups excluding carboxylic acids is 1. The normalized spacial score (nSPS) is 24.1. The van der Waals surface area contributed by atoms with Crippen LogP contribution in [-0.4, -0.2) is 53.9 Å². The van der Waals surface area contributed by atoms with Gasteiger partial charge in [-0.2, -0.15) is 0 Å². The van der Waals surface area contributed by atoms with Gasteiger partial charge in [-0.25, -0.2) is 0 Å². The van der Waals surface area contributed by atoms with Crippen LogP contribution in [0.25, 0.3) is 10.9 Å². The molecular weight excluding hydrogens is 298 g/mol. The Balaban J connectivity index is 1.71. The smallest absolute Gasteiger partial charge is 0.254 e. The minimum atomic E-state index is 0.159. The second-order valence-electron chi connectivity index (χ2n) is 7.60. The molecule has 1 aromatic carbocycles. The first-order chi connectivity index (χ1) is 11.5. The van der Waals surface area contributed by atoms with Gasteiger partial charge in [0.2, 0.25) is 0 Å². The van der Waals surface area contributed by atoms with Crippen molar-refractivity contribution in [1.29, 1.82) is 0 Å². The van der Waals surface area contributed by atoms with Gasteiger partial charge in [0.1, 0.15) is 0 Å². The monoisotopic (exact) mass is 323 g/mol. The van der Waals surface area contributed by atoms with E-state index in [0.717, 1.165) is 35.2 Å². The standard InChI is InChI=1S/C20H25N3O/c1-13-11-23(12-19(13)22(2)3)20(24)16-10-18(14-8-9-14)21-17-7-5-4-6-15(16)17/h4-7,10,13-14,19H,8-9,11-12H2,1-3H3/t13-,19+/m1/s1. The van der Waals surface area contributed by atoms with Gasteiger partial charge in [0.25, 0.3) is 5.91 Å². The second-order valence-corrected chi connectivity index (χ2v) is 7.60. The van der Waals surface area contributed by atoms with Gasteiger partial charge in [-0.05, 0) is 45.0 Å². The molecule has 4 nitrogen and oxygen atoms in total. The Bertz CT molecular complexity index is 782. The van der Waals surface area contributed by atoms with Crippen LogP contribution in [0.1, 0.15) is 41.7 Å². The first kappa shape index (κ1) is 15.6. The molecule has 1 saturated heterocycles. The van der Waals surface area contributed by atoms with Crippen molar-refractivity contribution in [3.8, 4) is 0 Å². The fourth-order valence-corrected chi connectivity index (χ4v) is 3.92. The average molecular weight is 323 g/mol. The van der Waals surface area contributed by atoms with Gasteiger partial charge in [-0.1, -0.05) is 25.1 Å². The van der Waals surface area contributed by atoms with E-state index in [0.29, 0.717) is 17.9 Å². The van der Waals surface area contributed by atoms with Gasteiger partial charge >= 0.3 is 0 Å². The maximum atomic E-state index is 13.2. The molecular formula is C20H25N3O. The number of fused-ring (bicyclic) bond motifs is 1. The molecule has 0 unspecified atom stereocenters. The molecule has 2 atom stereocenters. The van der Waals surface area contributed by atoms with Crippen LogP contribution in [0.4, 0.5) is 0 Å². The number of para-hydroxylation sites is 1. The topological polar surface area (TPSA) is 36.4 Å². The van der Waals surface area contributed by atoms with Gasteiger partial charge in [-0.15, -0.1) is 0 Å². The highest BCUT2D eigenvalue weighted by Crippen LogP contribution is 2.40. The van der Waals surface area contributed by atoms with Crippen molar-refractivity contribution in [3.63, 3.8) is 0 Å². The highest BCUT2D eigenvalue weighted by molar-refractivity contribution is 6.06. The van der Waals surface area contributed by atoms with Crippen LogP contribution in [0, 0.1) is 5.92 Å². The SMILES string of the molecule is C[C@@H]1CN(C(=O)c2cc(C3CC3)nc3ccccc23)C[C@@H]1N(C)C. The second kappa shape index (κ2) is 5.85. The lowest BCUT2D eigenvalue weighted by Gasteiger charge is -2.22. The molecule has 1 aliphatic carbocycles. The summed E-state index contributed by atoms with van der Waals surface area (Å²) in [4.78, 5) is 22.3. The highest BCUT2D eigenvalue weighted by Gasteiger charge is 2.35. The van der Waals surface area contributed by atoms with Gasteiger partial charge in [-0.3, -0.25) is 9.78 Å². The number of carbonyl (C=O) groups is 1. The molecule has 2 aliphatic rings. The van der Waals surface area contributed by atoms with E-state index in [-0.39, 0.29) is 5.91 Å². The molecule has 0 bridgehead atoms. The lowest BCUT2D eigenvalue weighted by Crippen LogP contribution is -2.35. The summed E-state index contributed by atoms with van der Waals surface area (Å²) in [7, 11) is 4.20. The number of pyridine rings is 1. The van der Waals surface area contributed by atoms with Crippen molar-refractivity contribution in [2.45, 2.75) is 31.7 Å². The third kappa shape index (κ3) is 2.69. The minimum Gasteiger partial charge on any atom is -0.337 e. The van der Waals surface area contributed by atoms with Crippen LogP contribution in [0.15, 0.2) is 30.3 Å². The molecule has 126 valence electrons. The Kier molecular flexibility index (Phi) is 3.80. The van der Waals surface area contributed by atoms with E-state index in [1.165, 1.54) is 12.8 Å². The molecule has 1 aliphatic heterocycles. The van der Waals surface area contributed by atoms with E-state index in [9.17, 15) is 4.79 Å². The number of likely N-dealkylation sites (tertiary alicyclic amines) is 1. The molecule has 4 rings (SSSR count). The number of nitrogens with zero attached hydrogens (tertiary/aromatic N) is 3. The summed E-state index contributed by atoms with van der Waals surface area (Å²) in [6.45, 7) is 3.87. The Labute approximate surface area is 143 Å². The molecule has 4 heteroatoms. The summed E-state index contributed by atoms with van der Waals surface area (Å²) >= 11 is 0. The van der Waals surface area contributed by atoms with E-state index in [2.05, 4.69) is 32.0 Å². The molecule has 1 saturated carbocycles. The van der Waals surface area contributed by atoms with Crippen molar-refractivity contribution in [1.82, 2.24) is 14.8 Å². The Hall–Kier alpha value is -1.94. The zero-order valence-corrected chi connectivity index (χ0v) is 14.7. The molecule has 1 amide bonds. The number of hydrogen-bond donors (Lipinski definition) is 0. The Morgan fingerprint density at radius 1 is 1.21 bits per heavy atom. The largest absolute Gasteiger partial charge is 0.337 e. The van der Waals surface area contributed by atoms with Crippen LogP contribution in [0.5, 0.6) is 0 Å². The van der Waals surface area contributed by atoms with Crippen molar-refractivity contribution in [2.24, 2.45) is 5.92 Å². The summed E-state index contributed by atoms with van der Waals surface area (Å²) in [6, 6.07) is 10.5. The van der Waals surface area contributed by atoms with E-state index in [4.69, 9.17) is 4.98 Å². The third-order valence-electron chi connectivity index (χ3n) is 5.49. The summed E-state index contributed by atoms with van der Waals surface area (Å²) in [5, 5.41) is 0.979. The molecule has 0 N–H and O–H groups in total. The van der Waals surface area contributed by atoms with E-state index in [1.54, 1.807) is 0 Å². The highest BCUT2D eigenvalue weighted by atomic mass is 16.2. The van der Waals surface area contributed by atoms with Crippen molar-refractivity contribution >= 4 is 16.8 Å². The molecule has 0 spiro atoms. The average Bonchev–Trinajstić information content (AvgIpc) is 3.35. The molecule has 2 fully saturated rings. The summed E-state index contributed by atoms with van der Waals surface area (Å²) in [6.07, 6.45) is 2.39. The number of benzene rings is 1. The van der Waals surface area contributed by atoms with Gasteiger partial charge in [0.05, 0.1) is 11.1 Å². The fraction of sp³-hybridized carbons (Fsp3) is 0.500. The van der Waals surface area contributed by atoms with Crippen LogP contribution in [-0.2, 0) is 0 Å². The van der Waals surface area contributed by atoms with E-state index in [1.807, 2.05) is 29.2 Å². The number of amides is 1. The first-order valence-corrected chi connectivity index (χ1v) is 8.90. The predicted molar refractivity (Wildman–Crippen MR) is 96.3 cm³/mol. The predicted octanol–water partition coefficient (Wildman–Crippen LogP) is 3.13. The lowest BCUT2D eigenvalue weighted by molar-refractivity contribution is 0.0783. The molecule has 2 heterocycles. The number of rotatable bonds is 3. The van der Waals surface area contributed by atoms with Crippen LogP contribution < -0.4 is 0 Å². The van der Waals surface area contributed by atoms with Crippen molar-refractivity contribution < 1.29 is 4.79 Å². The van der Waals surface area contributed by atoms with E-state index < -0.39 is 0 Å². The van der Waals surface area contributed by atoms with Gasteiger partial charge in [0, 0.05) is 36.1 Å². The molecule has 0 radical (unpaired) electrons. The minimum absolute atomic E-state index is 0.159.